The van der Waals surface area contributed by atoms with E-state index >= 15 is 0 Å². The first-order valence-corrected chi connectivity index (χ1v) is 12.1. The van der Waals surface area contributed by atoms with Crippen molar-refractivity contribution in [2.75, 3.05) is 20.3 Å². The molecule has 1 aliphatic heterocycles. The second kappa shape index (κ2) is 11.4. The highest BCUT2D eigenvalue weighted by Crippen LogP contribution is 2.28. The Bertz CT molecular complexity index is 1300. The van der Waals surface area contributed by atoms with Gasteiger partial charge in [0.25, 0.3) is 5.91 Å². The second-order valence-electron chi connectivity index (χ2n) is 9.07. The fourth-order valence-electron chi connectivity index (χ4n) is 4.71. The number of hydrogen-bond acceptors (Lipinski definition) is 7. The number of carbonyl (C=O) groups is 4. The van der Waals surface area contributed by atoms with Gasteiger partial charge < -0.3 is 25.9 Å². The minimum absolute atomic E-state index is 0.0476. The molecule has 2 unspecified atom stereocenters. The second-order valence-corrected chi connectivity index (χ2v) is 9.07. The van der Waals surface area contributed by atoms with Crippen molar-refractivity contribution in [2.45, 2.75) is 31.3 Å². The Morgan fingerprint density at radius 3 is 2.57 bits per heavy atom. The van der Waals surface area contributed by atoms with Crippen LogP contribution in [0, 0.1) is 5.92 Å². The van der Waals surface area contributed by atoms with Gasteiger partial charge in [0, 0.05) is 23.4 Å². The number of aliphatic hydroxyl groups excluding tert-OH is 1. The van der Waals surface area contributed by atoms with E-state index in [4.69, 9.17) is 10.5 Å². The summed E-state index contributed by atoms with van der Waals surface area (Å²) in [6.07, 6.45) is 0.474. The maximum absolute atomic E-state index is 13.9. The largest absolute Gasteiger partial charge is 0.496 e. The number of ether oxygens (including phenoxy) is 1. The van der Waals surface area contributed by atoms with E-state index in [2.05, 4.69) is 10.3 Å². The molecule has 1 aliphatic rings. The quantitative estimate of drug-likeness (QED) is 0.322. The first kappa shape index (κ1) is 26.1. The average Bonchev–Trinajstić information content (AvgIpc) is 3.54. The maximum atomic E-state index is 13.9. The lowest BCUT2D eigenvalue weighted by Crippen LogP contribution is -2.56. The number of aromatic amines is 1. The molecule has 37 heavy (non-hydrogen) atoms. The molecule has 3 amide bonds. The number of fused-ring (bicyclic) bond motifs is 1. The first-order chi connectivity index (χ1) is 17.8. The lowest BCUT2D eigenvalue weighted by Gasteiger charge is -2.31. The van der Waals surface area contributed by atoms with Crippen LogP contribution in [0.25, 0.3) is 10.9 Å². The van der Waals surface area contributed by atoms with Gasteiger partial charge in [0.05, 0.1) is 13.2 Å². The van der Waals surface area contributed by atoms with E-state index in [9.17, 15) is 24.3 Å². The molecule has 3 aromatic rings. The van der Waals surface area contributed by atoms with E-state index in [0.29, 0.717) is 29.6 Å². The number of H-pyrrole nitrogens is 1. The minimum Gasteiger partial charge on any atom is -0.496 e. The predicted molar refractivity (Wildman–Crippen MR) is 136 cm³/mol. The molecule has 2 heterocycles. The van der Waals surface area contributed by atoms with Crippen LogP contribution in [0.1, 0.15) is 28.9 Å². The number of amides is 3. The van der Waals surface area contributed by atoms with Crippen LogP contribution in [-0.2, 0) is 20.8 Å². The van der Waals surface area contributed by atoms with Gasteiger partial charge in [-0.2, -0.15) is 0 Å². The molecule has 3 atom stereocenters. The number of methoxy groups -OCH3 is 1. The van der Waals surface area contributed by atoms with E-state index < -0.39 is 42.2 Å². The summed E-state index contributed by atoms with van der Waals surface area (Å²) < 4.78 is 5.37. The van der Waals surface area contributed by atoms with Gasteiger partial charge in [-0.25, -0.2) is 0 Å². The Morgan fingerprint density at radius 2 is 1.92 bits per heavy atom. The Hall–Kier alpha value is -4.02. The van der Waals surface area contributed by atoms with Crippen molar-refractivity contribution in [3.63, 3.8) is 0 Å². The third-order valence-corrected chi connectivity index (χ3v) is 6.66. The number of nitrogens with zero attached hydrogens (tertiary/aromatic N) is 1. The van der Waals surface area contributed by atoms with Crippen molar-refractivity contribution in [1.29, 1.82) is 0 Å². The highest BCUT2D eigenvalue weighted by atomic mass is 16.5. The standard InChI is InChI=1S/C27H30N4O6/c1-37-24-9-5-8-20-18(24)14-21(30-20)27(36)31(26(35)19(28)12-16-6-3-2-4-7-16)22(23(33)15-32)13-17-10-11-29-25(17)34/h2-9,14,17,19,22,30,32H,10-13,15,28H2,1H3,(H,29,34)/t17-,19?,22?/m0/s1. The summed E-state index contributed by atoms with van der Waals surface area (Å²) in [5.41, 5.74) is 7.71. The third kappa shape index (κ3) is 5.55. The molecule has 1 aromatic heterocycles. The van der Waals surface area contributed by atoms with Gasteiger partial charge in [-0.1, -0.05) is 36.4 Å². The highest BCUT2D eigenvalue weighted by molar-refractivity contribution is 6.10. The topological polar surface area (TPSA) is 155 Å². The number of aliphatic hydroxyl groups is 1. The fraction of sp³-hybridized carbons (Fsp3) is 0.333. The Balaban J connectivity index is 1.74. The SMILES string of the molecule is COc1cccc2[nH]c(C(=O)N(C(=O)C(N)Cc3ccccc3)C(C[C@@H]3CCNC3=O)C(=O)CO)cc12. The zero-order valence-corrected chi connectivity index (χ0v) is 20.5. The van der Waals surface area contributed by atoms with Gasteiger partial charge in [-0.15, -0.1) is 0 Å². The number of imide groups is 1. The van der Waals surface area contributed by atoms with Crippen LogP contribution in [0.3, 0.4) is 0 Å². The van der Waals surface area contributed by atoms with Crippen LogP contribution in [-0.4, -0.2) is 70.8 Å². The van der Waals surface area contributed by atoms with Crippen molar-refractivity contribution < 1.29 is 29.0 Å². The van der Waals surface area contributed by atoms with Crippen molar-refractivity contribution >= 4 is 34.4 Å². The number of nitrogens with two attached hydrogens (primary N) is 1. The van der Waals surface area contributed by atoms with Crippen molar-refractivity contribution in [2.24, 2.45) is 11.7 Å². The van der Waals surface area contributed by atoms with Gasteiger partial charge in [0.1, 0.15) is 24.1 Å². The van der Waals surface area contributed by atoms with E-state index in [0.717, 1.165) is 10.5 Å². The van der Waals surface area contributed by atoms with Gasteiger partial charge in [-0.05, 0) is 43.0 Å². The minimum atomic E-state index is -1.37. The molecular formula is C27H30N4O6. The lowest BCUT2D eigenvalue weighted by molar-refractivity contribution is -0.140. The van der Waals surface area contributed by atoms with E-state index in [-0.39, 0.29) is 24.4 Å². The Kier molecular flexibility index (Phi) is 8.00. The molecule has 5 N–H and O–H groups in total. The fourth-order valence-corrected chi connectivity index (χ4v) is 4.71. The highest BCUT2D eigenvalue weighted by Gasteiger charge is 2.41. The predicted octanol–water partition coefficient (Wildman–Crippen LogP) is 1.17. The Morgan fingerprint density at radius 1 is 1.16 bits per heavy atom. The molecular weight excluding hydrogens is 476 g/mol. The number of Topliss-reactive ketones (excluding diaryl/α,β-unsaturated/α-hetero) is 1. The summed E-state index contributed by atoms with van der Waals surface area (Å²) >= 11 is 0. The summed E-state index contributed by atoms with van der Waals surface area (Å²) in [5.74, 6) is -2.63. The van der Waals surface area contributed by atoms with Crippen molar-refractivity contribution in [3.05, 3.63) is 65.9 Å². The molecule has 2 aromatic carbocycles. The normalized spacial score (nSPS) is 16.7. The molecule has 0 radical (unpaired) electrons. The number of rotatable bonds is 10. The first-order valence-electron chi connectivity index (χ1n) is 12.1. The van der Waals surface area contributed by atoms with E-state index in [1.807, 2.05) is 30.3 Å². The molecule has 0 saturated carbocycles. The molecule has 0 spiro atoms. The molecule has 10 nitrogen and oxygen atoms in total. The molecule has 0 aliphatic carbocycles. The summed E-state index contributed by atoms with van der Waals surface area (Å²) in [4.78, 5) is 56.6. The van der Waals surface area contributed by atoms with Gasteiger partial charge in [0.15, 0.2) is 5.78 Å². The van der Waals surface area contributed by atoms with Crippen molar-refractivity contribution in [3.8, 4) is 5.75 Å². The maximum Gasteiger partial charge on any atom is 0.277 e. The number of carbonyl (C=O) groups excluding carboxylic acids is 4. The van der Waals surface area contributed by atoms with Crippen LogP contribution in [0.2, 0.25) is 0 Å². The third-order valence-electron chi connectivity index (χ3n) is 6.66. The molecule has 10 heteroatoms. The monoisotopic (exact) mass is 506 g/mol. The zero-order valence-electron chi connectivity index (χ0n) is 20.5. The van der Waals surface area contributed by atoms with Crippen LogP contribution in [0.4, 0.5) is 0 Å². The molecule has 1 saturated heterocycles. The summed E-state index contributed by atoms with van der Waals surface area (Å²) in [6, 6.07) is 13.3. The average molecular weight is 507 g/mol. The van der Waals surface area contributed by atoms with Gasteiger partial charge >= 0.3 is 0 Å². The summed E-state index contributed by atoms with van der Waals surface area (Å²) in [6.45, 7) is -0.467. The molecule has 194 valence electrons. The summed E-state index contributed by atoms with van der Waals surface area (Å²) in [5, 5.41) is 13.1. The van der Waals surface area contributed by atoms with Crippen LogP contribution >= 0.6 is 0 Å². The lowest BCUT2D eigenvalue weighted by atomic mass is 9.93. The Labute approximate surface area is 213 Å². The molecule has 4 rings (SSSR count). The number of hydrogen-bond donors (Lipinski definition) is 4. The molecule has 1 fully saturated rings. The number of nitrogens with one attached hydrogen (secondary N) is 2. The van der Waals surface area contributed by atoms with E-state index in [1.165, 1.54) is 7.11 Å². The van der Waals surface area contributed by atoms with Crippen LogP contribution in [0.5, 0.6) is 5.75 Å². The smallest absolute Gasteiger partial charge is 0.277 e. The number of benzene rings is 2. The molecule has 0 bridgehead atoms. The van der Waals surface area contributed by atoms with Crippen LogP contribution in [0.15, 0.2) is 54.6 Å². The van der Waals surface area contributed by atoms with Gasteiger partial charge in [0.2, 0.25) is 11.8 Å². The summed E-state index contributed by atoms with van der Waals surface area (Å²) in [7, 11) is 1.50. The van der Waals surface area contributed by atoms with Crippen molar-refractivity contribution in [1.82, 2.24) is 15.2 Å². The van der Waals surface area contributed by atoms with E-state index in [1.54, 1.807) is 24.3 Å². The number of ketones is 1. The van der Waals surface area contributed by atoms with Crippen LogP contribution < -0.4 is 15.8 Å². The van der Waals surface area contributed by atoms with Gasteiger partial charge in [-0.3, -0.25) is 24.1 Å². The zero-order chi connectivity index (χ0) is 26.5. The number of aromatic nitrogens is 1.